The zero-order valence-electron chi connectivity index (χ0n) is 12.2. The second-order valence-corrected chi connectivity index (χ2v) is 6.71. The summed E-state index contributed by atoms with van der Waals surface area (Å²) in [4.78, 5) is 16.8. The van der Waals surface area contributed by atoms with Gasteiger partial charge >= 0.3 is 0 Å². The molecule has 1 aliphatic rings. The van der Waals surface area contributed by atoms with Gasteiger partial charge in [-0.05, 0) is 31.4 Å². The Morgan fingerprint density at radius 2 is 2.29 bits per heavy atom. The first-order valence-corrected chi connectivity index (χ1v) is 8.34. The van der Waals surface area contributed by atoms with E-state index in [1.54, 1.807) is 11.3 Å². The third-order valence-corrected chi connectivity index (χ3v) is 5.22. The largest absolute Gasteiger partial charge is 0.355 e. The Balaban J connectivity index is 1.59. The lowest BCUT2D eigenvalue weighted by atomic mass is 9.93. The number of carbonyl (C=O) groups excluding carboxylic acids is 1. The summed E-state index contributed by atoms with van der Waals surface area (Å²) in [5.41, 5.74) is 1.05. The van der Waals surface area contributed by atoms with Gasteiger partial charge in [-0.3, -0.25) is 4.79 Å². The molecule has 3 rings (SSSR count). The smallest absolute Gasteiger partial charge is 0.223 e. The third-order valence-electron chi connectivity index (χ3n) is 3.95. The molecule has 1 aromatic heterocycles. The Bertz CT molecular complexity index is 629. The van der Waals surface area contributed by atoms with Crippen LogP contribution in [0.25, 0.3) is 10.2 Å². The van der Waals surface area contributed by atoms with E-state index in [1.807, 2.05) is 18.2 Å². The van der Waals surface area contributed by atoms with Crippen LogP contribution in [0, 0.1) is 5.92 Å². The van der Waals surface area contributed by atoms with Crippen LogP contribution in [0.1, 0.15) is 37.1 Å². The molecule has 0 radical (unpaired) electrons. The predicted molar refractivity (Wildman–Crippen MR) is 87.5 cm³/mol. The number of rotatable bonds is 4. The number of hydrogen-bond acceptors (Lipinski definition) is 3. The molecule has 1 N–H and O–H groups in total. The zero-order valence-corrected chi connectivity index (χ0v) is 13.0. The number of aromatic nitrogens is 1. The van der Waals surface area contributed by atoms with Crippen molar-refractivity contribution in [2.24, 2.45) is 5.92 Å². The van der Waals surface area contributed by atoms with E-state index in [4.69, 9.17) is 0 Å². The Morgan fingerprint density at radius 1 is 1.43 bits per heavy atom. The quantitative estimate of drug-likeness (QED) is 0.871. The van der Waals surface area contributed by atoms with E-state index in [0.29, 0.717) is 6.54 Å². The summed E-state index contributed by atoms with van der Waals surface area (Å²) in [5, 5.41) is 4.19. The predicted octanol–water partition coefficient (Wildman–Crippen LogP) is 3.87. The first-order valence-electron chi connectivity index (χ1n) is 7.52. The third kappa shape index (κ3) is 3.32. The molecule has 0 saturated carbocycles. The van der Waals surface area contributed by atoms with Crippen LogP contribution in [0.15, 0.2) is 36.4 Å². The van der Waals surface area contributed by atoms with Crippen molar-refractivity contribution >= 4 is 27.5 Å². The van der Waals surface area contributed by atoms with Crippen molar-refractivity contribution in [1.82, 2.24) is 10.3 Å². The van der Waals surface area contributed by atoms with Gasteiger partial charge in [0.2, 0.25) is 5.91 Å². The lowest BCUT2D eigenvalue weighted by Crippen LogP contribution is -2.33. The summed E-state index contributed by atoms with van der Waals surface area (Å²) in [7, 11) is 0. The van der Waals surface area contributed by atoms with Gasteiger partial charge in [0, 0.05) is 18.4 Å². The van der Waals surface area contributed by atoms with Gasteiger partial charge < -0.3 is 5.32 Å². The van der Waals surface area contributed by atoms with Crippen molar-refractivity contribution in [3.05, 3.63) is 41.4 Å². The van der Waals surface area contributed by atoms with Crippen LogP contribution in [-0.2, 0) is 4.79 Å². The number of thiazole rings is 1. The summed E-state index contributed by atoms with van der Waals surface area (Å²) in [6.07, 6.45) is 7.14. The average molecular weight is 300 g/mol. The summed E-state index contributed by atoms with van der Waals surface area (Å²) < 4.78 is 1.21. The van der Waals surface area contributed by atoms with Crippen LogP contribution >= 0.6 is 11.3 Å². The van der Waals surface area contributed by atoms with Crippen molar-refractivity contribution in [3.63, 3.8) is 0 Å². The zero-order chi connectivity index (χ0) is 14.7. The number of nitrogens with zero attached hydrogens (tertiary/aromatic N) is 1. The topological polar surface area (TPSA) is 42.0 Å². The van der Waals surface area contributed by atoms with Crippen LogP contribution in [-0.4, -0.2) is 17.4 Å². The number of hydrogen-bond donors (Lipinski definition) is 1. The Hall–Kier alpha value is -1.68. The second kappa shape index (κ2) is 6.39. The second-order valence-electron chi connectivity index (χ2n) is 5.65. The minimum atomic E-state index is 0.151. The fraction of sp³-hybridized carbons (Fsp3) is 0.412. The fourth-order valence-electron chi connectivity index (χ4n) is 2.62. The van der Waals surface area contributed by atoms with Crippen molar-refractivity contribution in [1.29, 1.82) is 0 Å². The van der Waals surface area contributed by atoms with Gasteiger partial charge in [-0.2, -0.15) is 0 Å². The Morgan fingerprint density at radius 3 is 3.05 bits per heavy atom. The number of amides is 1. The number of fused-ring (bicyclic) bond motifs is 1. The molecule has 0 spiro atoms. The fourth-order valence-corrected chi connectivity index (χ4v) is 3.64. The molecule has 110 valence electrons. The van der Waals surface area contributed by atoms with Crippen molar-refractivity contribution in [2.45, 2.75) is 32.1 Å². The molecule has 0 aliphatic heterocycles. The molecule has 0 unspecified atom stereocenters. The van der Waals surface area contributed by atoms with Gasteiger partial charge in [-0.15, -0.1) is 11.3 Å². The maximum atomic E-state index is 12.1. The van der Waals surface area contributed by atoms with Crippen LogP contribution in [0.3, 0.4) is 0 Å². The summed E-state index contributed by atoms with van der Waals surface area (Å²) in [6.45, 7) is 2.79. The SMILES string of the molecule is C[C@H](CNC(=O)[C@@H]1CC=CCC1)c1nc2ccccc2s1. The number of carbonyl (C=O) groups is 1. The van der Waals surface area contributed by atoms with Crippen molar-refractivity contribution < 1.29 is 4.79 Å². The lowest BCUT2D eigenvalue weighted by molar-refractivity contribution is -0.125. The molecule has 4 heteroatoms. The summed E-state index contributed by atoms with van der Waals surface area (Å²) in [5.74, 6) is 0.593. The molecule has 0 saturated heterocycles. The van der Waals surface area contributed by atoms with Crippen molar-refractivity contribution in [3.8, 4) is 0 Å². The molecule has 21 heavy (non-hydrogen) atoms. The van der Waals surface area contributed by atoms with E-state index in [0.717, 1.165) is 29.8 Å². The highest BCUT2D eigenvalue weighted by Crippen LogP contribution is 2.27. The molecule has 1 aliphatic carbocycles. The van der Waals surface area contributed by atoms with Gasteiger partial charge in [-0.25, -0.2) is 4.98 Å². The first kappa shape index (κ1) is 14.3. The minimum Gasteiger partial charge on any atom is -0.355 e. The van der Waals surface area contributed by atoms with E-state index in [-0.39, 0.29) is 17.7 Å². The number of para-hydroxylation sites is 1. The first-order chi connectivity index (χ1) is 10.2. The minimum absolute atomic E-state index is 0.151. The van der Waals surface area contributed by atoms with Gasteiger partial charge in [0.25, 0.3) is 0 Å². The maximum absolute atomic E-state index is 12.1. The lowest BCUT2D eigenvalue weighted by Gasteiger charge is -2.18. The monoisotopic (exact) mass is 300 g/mol. The highest BCUT2D eigenvalue weighted by Gasteiger charge is 2.19. The summed E-state index contributed by atoms with van der Waals surface area (Å²) >= 11 is 1.72. The van der Waals surface area contributed by atoms with Crippen LogP contribution < -0.4 is 5.32 Å². The van der Waals surface area contributed by atoms with Crippen LogP contribution in [0.5, 0.6) is 0 Å². The highest BCUT2D eigenvalue weighted by molar-refractivity contribution is 7.18. The normalized spacial score (nSPS) is 19.6. The molecule has 2 aromatic rings. The molecule has 0 fully saturated rings. The van der Waals surface area contributed by atoms with E-state index in [2.05, 4.69) is 35.4 Å². The Labute approximate surface area is 129 Å². The molecular weight excluding hydrogens is 280 g/mol. The number of benzene rings is 1. The maximum Gasteiger partial charge on any atom is 0.223 e. The molecule has 1 aromatic carbocycles. The molecule has 1 amide bonds. The molecule has 2 atom stereocenters. The van der Waals surface area contributed by atoms with Crippen molar-refractivity contribution in [2.75, 3.05) is 6.54 Å². The standard InChI is InChI=1S/C17H20N2OS/c1-12(11-18-16(20)13-7-3-2-4-8-13)17-19-14-9-5-6-10-15(14)21-17/h2-3,5-6,9-10,12-13H,4,7-8,11H2,1H3,(H,18,20)/t12-,13-/m1/s1. The molecular formula is C17H20N2OS. The van der Waals surface area contributed by atoms with Gasteiger partial charge in [0.1, 0.15) is 0 Å². The van der Waals surface area contributed by atoms with E-state index in [9.17, 15) is 4.79 Å². The van der Waals surface area contributed by atoms with Gasteiger partial charge in [0.15, 0.2) is 0 Å². The molecule has 1 heterocycles. The highest BCUT2D eigenvalue weighted by atomic mass is 32.1. The molecule has 3 nitrogen and oxygen atoms in total. The number of nitrogens with one attached hydrogen (secondary N) is 1. The van der Waals surface area contributed by atoms with E-state index in [1.165, 1.54) is 4.70 Å². The van der Waals surface area contributed by atoms with E-state index >= 15 is 0 Å². The summed E-state index contributed by atoms with van der Waals surface area (Å²) in [6, 6.07) is 8.17. The Kier molecular flexibility index (Phi) is 4.34. The van der Waals surface area contributed by atoms with Crippen LogP contribution in [0.4, 0.5) is 0 Å². The van der Waals surface area contributed by atoms with Gasteiger partial charge in [-0.1, -0.05) is 31.2 Å². The molecule has 0 bridgehead atoms. The van der Waals surface area contributed by atoms with E-state index < -0.39 is 0 Å². The number of allylic oxidation sites excluding steroid dienone is 2. The van der Waals surface area contributed by atoms with Crippen LogP contribution in [0.2, 0.25) is 0 Å². The van der Waals surface area contributed by atoms with Gasteiger partial charge in [0.05, 0.1) is 15.2 Å². The average Bonchev–Trinajstić information content (AvgIpc) is 2.97.